The Morgan fingerprint density at radius 1 is 1.38 bits per heavy atom. The number of benzene rings is 1. The zero-order chi connectivity index (χ0) is 15.7. The highest BCUT2D eigenvalue weighted by atomic mass is 32.2. The summed E-state index contributed by atoms with van der Waals surface area (Å²) < 4.78 is 27.1. The van der Waals surface area contributed by atoms with Crippen LogP contribution in [0.15, 0.2) is 23.1 Å². The number of carbonyl (C=O) groups is 1. The van der Waals surface area contributed by atoms with E-state index in [4.69, 9.17) is 0 Å². The Hall–Kier alpha value is -1.44. The highest BCUT2D eigenvalue weighted by Crippen LogP contribution is 2.31. The quantitative estimate of drug-likeness (QED) is 0.760. The number of carbonyl (C=O) groups excluding carboxylic acids is 1. The molecular formula is C14H20N2O4S. The maximum Gasteiger partial charge on any atom is 0.241 e. The van der Waals surface area contributed by atoms with Gasteiger partial charge in [-0.15, -0.1) is 0 Å². The van der Waals surface area contributed by atoms with Crippen LogP contribution in [-0.4, -0.2) is 31.6 Å². The van der Waals surface area contributed by atoms with Gasteiger partial charge in [-0.2, -0.15) is 0 Å². The third-order valence-electron chi connectivity index (χ3n) is 3.67. The summed E-state index contributed by atoms with van der Waals surface area (Å²) in [7, 11) is -3.72. The van der Waals surface area contributed by atoms with Crippen LogP contribution in [-0.2, 0) is 14.8 Å². The van der Waals surface area contributed by atoms with Gasteiger partial charge in [-0.25, -0.2) is 13.1 Å². The maximum absolute atomic E-state index is 12.3. The zero-order valence-corrected chi connectivity index (χ0v) is 13.0. The van der Waals surface area contributed by atoms with E-state index in [0.717, 1.165) is 6.42 Å². The van der Waals surface area contributed by atoms with Crippen molar-refractivity contribution in [1.29, 1.82) is 0 Å². The van der Waals surface area contributed by atoms with Crippen molar-refractivity contribution in [3.05, 3.63) is 23.8 Å². The van der Waals surface area contributed by atoms with Gasteiger partial charge in [0, 0.05) is 19.2 Å². The fraction of sp³-hybridized carbons (Fsp3) is 0.500. The molecule has 3 N–H and O–H groups in total. The molecule has 2 rings (SSSR count). The van der Waals surface area contributed by atoms with Gasteiger partial charge < -0.3 is 10.4 Å². The van der Waals surface area contributed by atoms with Crippen LogP contribution in [0, 0.1) is 6.92 Å². The molecule has 0 bridgehead atoms. The molecule has 0 aromatic heterocycles. The van der Waals surface area contributed by atoms with Crippen molar-refractivity contribution in [2.24, 2.45) is 0 Å². The largest absolute Gasteiger partial charge is 0.389 e. The van der Waals surface area contributed by atoms with Crippen LogP contribution < -0.4 is 10.0 Å². The van der Waals surface area contributed by atoms with E-state index < -0.39 is 15.6 Å². The first-order valence-corrected chi connectivity index (χ1v) is 8.30. The van der Waals surface area contributed by atoms with Gasteiger partial charge in [0.25, 0.3) is 0 Å². The number of hydrogen-bond donors (Lipinski definition) is 3. The van der Waals surface area contributed by atoms with Crippen molar-refractivity contribution < 1.29 is 18.3 Å². The summed E-state index contributed by atoms with van der Waals surface area (Å²) in [6, 6.07) is 4.71. The van der Waals surface area contributed by atoms with Crippen LogP contribution in [0.2, 0.25) is 0 Å². The second-order valence-electron chi connectivity index (χ2n) is 5.56. The van der Waals surface area contributed by atoms with Crippen molar-refractivity contribution >= 4 is 21.6 Å². The Morgan fingerprint density at radius 2 is 2.05 bits per heavy atom. The van der Waals surface area contributed by atoms with Gasteiger partial charge in [0.2, 0.25) is 15.9 Å². The first-order valence-electron chi connectivity index (χ1n) is 6.82. The summed E-state index contributed by atoms with van der Waals surface area (Å²) in [6.07, 6.45) is 2.14. The SMILES string of the molecule is CC(=O)Nc1ccc(C)c(S(=O)(=O)NCC2(O)CCC2)c1. The molecule has 1 aliphatic carbocycles. The lowest BCUT2D eigenvalue weighted by Gasteiger charge is -2.36. The molecule has 0 unspecified atom stereocenters. The number of hydrogen-bond acceptors (Lipinski definition) is 4. The number of sulfonamides is 1. The van der Waals surface area contributed by atoms with Gasteiger partial charge in [-0.3, -0.25) is 4.79 Å². The average molecular weight is 312 g/mol. The van der Waals surface area contributed by atoms with Gasteiger partial charge in [-0.05, 0) is 43.9 Å². The molecule has 1 aromatic carbocycles. The molecule has 116 valence electrons. The molecule has 0 radical (unpaired) electrons. The summed E-state index contributed by atoms with van der Waals surface area (Å²) in [4.78, 5) is 11.2. The minimum atomic E-state index is -3.72. The topological polar surface area (TPSA) is 95.5 Å². The van der Waals surface area contributed by atoms with Crippen molar-refractivity contribution in [3.63, 3.8) is 0 Å². The van der Waals surface area contributed by atoms with Crippen molar-refractivity contribution in [2.75, 3.05) is 11.9 Å². The Kier molecular flexibility index (Phi) is 4.36. The molecule has 0 spiro atoms. The summed E-state index contributed by atoms with van der Waals surface area (Å²) >= 11 is 0. The lowest BCUT2D eigenvalue weighted by molar-refractivity contribution is -0.114. The second-order valence-corrected chi connectivity index (χ2v) is 7.30. The number of aliphatic hydroxyl groups is 1. The van der Waals surface area contributed by atoms with Crippen LogP contribution in [0.25, 0.3) is 0 Å². The van der Waals surface area contributed by atoms with Crippen LogP contribution >= 0.6 is 0 Å². The van der Waals surface area contributed by atoms with Gasteiger partial charge in [0.1, 0.15) is 0 Å². The Balaban J connectivity index is 2.19. The average Bonchev–Trinajstić information content (AvgIpc) is 2.36. The highest BCUT2D eigenvalue weighted by molar-refractivity contribution is 7.89. The molecule has 1 amide bonds. The van der Waals surface area contributed by atoms with Crippen molar-refractivity contribution in [2.45, 2.75) is 43.6 Å². The minimum Gasteiger partial charge on any atom is -0.389 e. The zero-order valence-electron chi connectivity index (χ0n) is 12.1. The number of amides is 1. The van der Waals surface area contributed by atoms with E-state index in [1.165, 1.54) is 13.0 Å². The summed E-state index contributed by atoms with van der Waals surface area (Å²) in [6.45, 7) is 3.06. The normalized spacial score (nSPS) is 17.1. The summed E-state index contributed by atoms with van der Waals surface area (Å²) in [5.41, 5.74) is 0.0870. The van der Waals surface area contributed by atoms with E-state index in [-0.39, 0.29) is 17.3 Å². The van der Waals surface area contributed by atoms with Gasteiger partial charge in [0.05, 0.1) is 10.5 Å². The number of nitrogens with one attached hydrogen (secondary N) is 2. The lowest BCUT2D eigenvalue weighted by Crippen LogP contribution is -2.47. The third-order valence-corrected chi connectivity index (χ3v) is 5.22. The second kappa shape index (κ2) is 5.75. The van der Waals surface area contributed by atoms with Crippen LogP contribution in [0.1, 0.15) is 31.7 Å². The number of rotatable bonds is 5. The third kappa shape index (κ3) is 3.81. The van der Waals surface area contributed by atoms with E-state index in [2.05, 4.69) is 10.0 Å². The Morgan fingerprint density at radius 3 is 2.57 bits per heavy atom. The molecule has 1 aromatic rings. The van der Waals surface area contributed by atoms with E-state index in [1.54, 1.807) is 19.1 Å². The molecule has 0 aliphatic heterocycles. The molecule has 7 heteroatoms. The molecule has 1 saturated carbocycles. The molecule has 1 fully saturated rings. The van der Waals surface area contributed by atoms with Gasteiger partial charge >= 0.3 is 0 Å². The van der Waals surface area contributed by atoms with E-state index in [9.17, 15) is 18.3 Å². The van der Waals surface area contributed by atoms with E-state index in [0.29, 0.717) is 24.1 Å². The van der Waals surface area contributed by atoms with Gasteiger partial charge in [0.15, 0.2) is 0 Å². The molecule has 1 aliphatic rings. The Labute approximate surface area is 124 Å². The van der Waals surface area contributed by atoms with Crippen LogP contribution in [0.3, 0.4) is 0 Å². The fourth-order valence-corrected chi connectivity index (χ4v) is 3.63. The molecule has 0 atom stereocenters. The predicted molar refractivity (Wildman–Crippen MR) is 79.5 cm³/mol. The van der Waals surface area contributed by atoms with Gasteiger partial charge in [-0.1, -0.05) is 6.07 Å². The summed E-state index contributed by atoms with van der Waals surface area (Å²) in [5, 5.41) is 12.5. The predicted octanol–water partition coefficient (Wildman–Crippen LogP) is 1.15. The maximum atomic E-state index is 12.3. The first-order chi connectivity index (χ1) is 9.72. The number of anilines is 1. The van der Waals surface area contributed by atoms with Crippen molar-refractivity contribution in [1.82, 2.24) is 4.72 Å². The first kappa shape index (κ1) is 15.9. The summed E-state index contributed by atoms with van der Waals surface area (Å²) in [5.74, 6) is -0.265. The van der Waals surface area contributed by atoms with Crippen molar-refractivity contribution in [3.8, 4) is 0 Å². The monoisotopic (exact) mass is 312 g/mol. The minimum absolute atomic E-state index is 0.0130. The highest BCUT2D eigenvalue weighted by Gasteiger charge is 2.35. The molecule has 0 heterocycles. The van der Waals surface area contributed by atoms with E-state index >= 15 is 0 Å². The Bertz CT molecular complexity index is 651. The molecular weight excluding hydrogens is 292 g/mol. The molecule has 0 saturated heterocycles. The van der Waals surface area contributed by atoms with E-state index in [1.807, 2.05) is 0 Å². The molecule has 6 nitrogen and oxygen atoms in total. The molecule has 21 heavy (non-hydrogen) atoms. The smallest absolute Gasteiger partial charge is 0.241 e. The lowest BCUT2D eigenvalue weighted by atomic mass is 9.81. The van der Waals surface area contributed by atoms with Crippen LogP contribution in [0.5, 0.6) is 0 Å². The van der Waals surface area contributed by atoms with Crippen LogP contribution in [0.4, 0.5) is 5.69 Å². The number of aryl methyl sites for hydroxylation is 1. The fourth-order valence-electron chi connectivity index (χ4n) is 2.24. The standard InChI is InChI=1S/C14H20N2O4S/c1-10-4-5-12(16-11(2)17)8-13(10)21(19,20)15-9-14(18)6-3-7-14/h4-5,8,15,18H,3,6-7,9H2,1-2H3,(H,16,17).